The van der Waals surface area contributed by atoms with Crippen LogP contribution in [0, 0.1) is 12.8 Å². The van der Waals surface area contributed by atoms with Crippen LogP contribution in [0.15, 0.2) is 35.8 Å². The summed E-state index contributed by atoms with van der Waals surface area (Å²) in [5.41, 5.74) is 2.08. The first-order chi connectivity index (χ1) is 12.1. The molecule has 0 spiro atoms. The molecule has 1 aliphatic rings. The Morgan fingerprint density at radius 1 is 1.36 bits per heavy atom. The molecule has 1 fully saturated rings. The maximum Gasteiger partial charge on any atom is 0.317 e. The number of pyridine rings is 1. The topological polar surface area (TPSA) is 45.2 Å². The number of hydrogen-bond acceptors (Lipinski definition) is 3. The van der Waals surface area contributed by atoms with E-state index in [-0.39, 0.29) is 12.1 Å². The molecule has 0 radical (unpaired) electrons. The van der Waals surface area contributed by atoms with Gasteiger partial charge < -0.3 is 10.2 Å². The molecular formula is C20H27N3OS. The van der Waals surface area contributed by atoms with Gasteiger partial charge in [0.25, 0.3) is 0 Å². The minimum Gasteiger partial charge on any atom is -0.330 e. The lowest BCUT2D eigenvalue weighted by Crippen LogP contribution is -2.41. The van der Waals surface area contributed by atoms with Crippen LogP contribution in [0.4, 0.5) is 4.79 Å². The average Bonchev–Trinajstić information content (AvgIpc) is 3.14. The molecule has 1 saturated carbocycles. The van der Waals surface area contributed by atoms with Crippen molar-refractivity contribution in [2.45, 2.75) is 51.6 Å². The number of aromatic nitrogens is 1. The van der Waals surface area contributed by atoms with Crippen molar-refractivity contribution in [1.82, 2.24) is 15.2 Å². The number of aryl methyl sites for hydroxylation is 1. The molecule has 0 aliphatic heterocycles. The van der Waals surface area contributed by atoms with Crippen molar-refractivity contribution in [2.24, 2.45) is 5.92 Å². The van der Waals surface area contributed by atoms with Gasteiger partial charge in [-0.15, -0.1) is 11.3 Å². The zero-order valence-corrected chi connectivity index (χ0v) is 15.9. The molecule has 1 aliphatic carbocycles. The summed E-state index contributed by atoms with van der Waals surface area (Å²) in [6, 6.07) is 8.35. The highest BCUT2D eigenvalue weighted by atomic mass is 32.1. The van der Waals surface area contributed by atoms with Crippen LogP contribution < -0.4 is 5.32 Å². The normalized spacial score (nSPS) is 16.4. The lowest BCUT2D eigenvalue weighted by Gasteiger charge is -2.32. The van der Waals surface area contributed by atoms with E-state index in [0.29, 0.717) is 12.5 Å². The van der Waals surface area contributed by atoms with E-state index in [2.05, 4.69) is 27.8 Å². The lowest BCUT2D eigenvalue weighted by atomic mass is 9.83. The van der Waals surface area contributed by atoms with E-state index in [9.17, 15) is 4.79 Å². The second kappa shape index (κ2) is 8.48. The third-order valence-electron chi connectivity index (χ3n) is 4.98. The molecule has 2 amide bonds. The molecule has 0 bridgehead atoms. The molecule has 2 aromatic rings. The maximum absolute atomic E-state index is 12.8. The number of amides is 2. The van der Waals surface area contributed by atoms with Gasteiger partial charge in [0.15, 0.2) is 0 Å². The van der Waals surface area contributed by atoms with Crippen molar-refractivity contribution in [1.29, 1.82) is 0 Å². The van der Waals surface area contributed by atoms with Crippen molar-refractivity contribution in [3.8, 4) is 0 Å². The van der Waals surface area contributed by atoms with E-state index in [1.807, 2.05) is 26.1 Å². The van der Waals surface area contributed by atoms with Gasteiger partial charge in [-0.25, -0.2) is 4.79 Å². The Kier molecular flexibility index (Phi) is 6.08. The number of thiophene rings is 1. The van der Waals surface area contributed by atoms with Crippen molar-refractivity contribution in [3.05, 3.63) is 52.0 Å². The zero-order valence-electron chi connectivity index (χ0n) is 15.1. The standard InChI is InChI=1S/C20H27N3OS/c1-15-13-16(10-11-21-15)14-23(2)20(24)22-19(18-9-6-12-25-18)17-7-4-3-5-8-17/h6,9-13,17,19H,3-5,7-8,14H2,1-2H3,(H,22,24). The Morgan fingerprint density at radius 2 is 2.16 bits per heavy atom. The Balaban J connectivity index is 1.67. The summed E-state index contributed by atoms with van der Waals surface area (Å²) >= 11 is 1.74. The SMILES string of the molecule is Cc1cc(CN(C)C(=O)NC(c2cccs2)C2CCCCC2)ccn1. The summed E-state index contributed by atoms with van der Waals surface area (Å²) in [4.78, 5) is 20.0. The van der Waals surface area contributed by atoms with Crippen LogP contribution in [-0.2, 0) is 6.54 Å². The van der Waals surface area contributed by atoms with Crippen molar-refractivity contribution < 1.29 is 4.79 Å². The van der Waals surface area contributed by atoms with Crippen LogP contribution in [0.1, 0.15) is 54.3 Å². The molecule has 0 saturated heterocycles. The van der Waals surface area contributed by atoms with Gasteiger partial charge in [-0.05, 0) is 54.8 Å². The largest absolute Gasteiger partial charge is 0.330 e. The summed E-state index contributed by atoms with van der Waals surface area (Å²) < 4.78 is 0. The summed E-state index contributed by atoms with van der Waals surface area (Å²) in [5.74, 6) is 0.549. The van der Waals surface area contributed by atoms with E-state index in [1.54, 1.807) is 22.4 Å². The summed E-state index contributed by atoms with van der Waals surface area (Å²) in [7, 11) is 1.86. The van der Waals surface area contributed by atoms with Crippen LogP contribution in [0.2, 0.25) is 0 Å². The van der Waals surface area contributed by atoms with Crippen LogP contribution in [0.3, 0.4) is 0 Å². The highest BCUT2D eigenvalue weighted by molar-refractivity contribution is 7.10. The van der Waals surface area contributed by atoms with E-state index >= 15 is 0 Å². The molecule has 2 aromatic heterocycles. The van der Waals surface area contributed by atoms with Crippen LogP contribution in [0.25, 0.3) is 0 Å². The number of hydrogen-bond donors (Lipinski definition) is 1. The molecule has 1 unspecified atom stereocenters. The Bertz CT molecular complexity index is 680. The fourth-order valence-corrected chi connectivity index (χ4v) is 4.52. The second-order valence-electron chi connectivity index (χ2n) is 7.00. The fraction of sp³-hybridized carbons (Fsp3) is 0.500. The van der Waals surface area contributed by atoms with Gasteiger partial charge in [-0.3, -0.25) is 4.98 Å². The minimum atomic E-state index is -0.00145. The van der Waals surface area contributed by atoms with Gasteiger partial charge >= 0.3 is 6.03 Å². The monoisotopic (exact) mass is 357 g/mol. The van der Waals surface area contributed by atoms with Gasteiger partial charge in [0.1, 0.15) is 0 Å². The molecule has 4 nitrogen and oxygen atoms in total. The predicted molar refractivity (Wildman–Crippen MR) is 103 cm³/mol. The predicted octanol–water partition coefficient (Wildman–Crippen LogP) is 4.91. The highest BCUT2D eigenvalue weighted by Gasteiger charge is 2.28. The van der Waals surface area contributed by atoms with Gasteiger partial charge in [0.05, 0.1) is 6.04 Å². The summed E-state index contributed by atoms with van der Waals surface area (Å²) in [6.45, 7) is 2.57. The van der Waals surface area contributed by atoms with E-state index in [0.717, 1.165) is 11.3 Å². The van der Waals surface area contributed by atoms with Crippen LogP contribution in [0.5, 0.6) is 0 Å². The van der Waals surface area contributed by atoms with Crippen LogP contribution in [-0.4, -0.2) is 23.0 Å². The quantitative estimate of drug-likeness (QED) is 0.826. The Labute approximate surface area is 154 Å². The van der Waals surface area contributed by atoms with E-state index in [4.69, 9.17) is 0 Å². The molecule has 25 heavy (non-hydrogen) atoms. The zero-order chi connectivity index (χ0) is 17.6. The van der Waals surface area contributed by atoms with Gasteiger partial charge in [-0.2, -0.15) is 0 Å². The molecule has 134 valence electrons. The van der Waals surface area contributed by atoms with E-state index < -0.39 is 0 Å². The number of nitrogens with one attached hydrogen (secondary N) is 1. The number of nitrogens with zero attached hydrogens (tertiary/aromatic N) is 2. The number of urea groups is 1. The Morgan fingerprint density at radius 3 is 2.84 bits per heavy atom. The van der Waals surface area contributed by atoms with Crippen molar-refractivity contribution >= 4 is 17.4 Å². The lowest BCUT2D eigenvalue weighted by molar-refractivity contribution is 0.191. The molecule has 1 atom stereocenters. The van der Waals surface area contributed by atoms with Crippen molar-refractivity contribution in [3.63, 3.8) is 0 Å². The molecule has 2 heterocycles. The number of carbonyl (C=O) groups is 1. The Hall–Kier alpha value is -1.88. The number of rotatable bonds is 5. The van der Waals surface area contributed by atoms with Gasteiger partial charge in [0.2, 0.25) is 0 Å². The highest BCUT2D eigenvalue weighted by Crippen LogP contribution is 2.36. The third-order valence-corrected chi connectivity index (χ3v) is 5.93. The summed E-state index contributed by atoms with van der Waals surface area (Å²) in [5, 5.41) is 5.40. The van der Waals surface area contributed by atoms with Crippen molar-refractivity contribution in [2.75, 3.05) is 7.05 Å². The molecule has 5 heteroatoms. The first-order valence-corrected chi connectivity index (χ1v) is 9.98. The smallest absolute Gasteiger partial charge is 0.317 e. The average molecular weight is 358 g/mol. The molecule has 0 aromatic carbocycles. The van der Waals surface area contributed by atoms with Crippen LogP contribution >= 0.6 is 11.3 Å². The number of carbonyl (C=O) groups excluding carboxylic acids is 1. The second-order valence-corrected chi connectivity index (χ2v) is 7.98. The van der Waals surface area contributed by atoms with E-state index in [1.165, 1.54) is 37.0 Å². The first-order valence-electron chi connectivity index (χ1n) is 9.10. The van der Waals surface area contributed by atoms with Gasteiger partial charge in [0, 0.05) is 30.4 Å². The summed E-state index contributed by atoms with van der Waals surface area (Å²) in [6.07, 6.45) is 8.07. The molecular weight excluding hydrogens is 330 g/mol. The first kappa shape index (κ1) is 17.9. The maximum atomic E-state index is 12.8. The molecule has 3 rings (SSSR count). The fourth-order valence-electron chi connectivity index (χ4n) is 3.65. The molecule has 1 N–H and O–H groups in total. The van der Waals surface area contributed by atoms with Gasteiger partial charge in [-0.1, -0.05) is 25.3 Å². The minimum absolute atomic E-state index is 0.00145. The third kappa shape index (κ3) is 4.82.